The molecule has 0 aliphatic carbocycles. The zero-order chi connectivity index (χ0) is 8.41. The molecule has 0 aromatic carbocycles. The predicted octanol–water partition coefficient (Wildman–Crippen LogP) is 0.128. The van der Waals surface area contributed by atoms with Crippen molar-refractivity contribution in [3.8, 4) is 0 Å². The van der Waals surface area contributed by atoms with Crippen molar-refractivity contribution in [2.24, 2.45) is 0 Å². The van der Waals surface area contributed by atoms with Gasteiger partial charge < -0.3 is 14.6 Å². The minimum absolute atomic E-state index is 0. The molecule has 0 unspecified atom stereocenters. The number of aliphatic carboxylic acids is 1. The number of hydrogen-bond donors (Lipinski definition) is 1. The molecule has 0 atom stereocenters. The van der Waals surface area contributed by atoms with E-state index in [9.17, 15) is 4.39 Å². The summed E-state index contributed by atoms with van der Waals surface area (Å²) < 4.78 is 14.5. The number of ether oxygens (including phenoxy) is 1. The van der Waals surface area contributed by atoms with Gasteiger partial charge in [0.15, 0.2) is 6.67 Å². The largest absolute Gasteiger partial charge is 0.653 e. The fourth-order valence-electron chi connectivity index (χ4n) is 0.0589. The number of carbonyl (C=O) groups excluding carboxylic acids is 1. The van der Waals surface area contributed by atoms with Gasteiger partial charge in [-0.2, -0.15) is 0 Å². The monoisotopic (exact) mass is 209 g/mol. The summed E-state index contributed by atoms with van der Waals surface area (Å²) in [4.78, 5) is 18.1. The third-order valence-electron chi connectivity index (χ3n) is 0.318. The minimum Gasteiger partial charge on any atom is -0.653 e. The van der Waals surface area contributed by atoms with Crippen molar-refractivity contribution in [1.82, 2.24) is 0 Å². The first-order chi connectivity index (χ1) is 4.68. The van der Waals surface area contributed by atoms with E-state index in [4.69, 9.17) is 14.7 Å². The molecule has 0 rings (SSSR count). The maximum atomic E-state index is 10.5. The van der Waals surface area contributed by atoms with Crippen LogP contribution in [0.25, 0.3) is 0 Å². The Balaban J connectivity index is -0.000000107. The van der Waals surface area contributed by atoms with Crippen LogP contribution in [0.15, 0.2) is 0 Å². The molecule has 0 fully saturated rings. The molecule has 0 aliphatic rings. The van der Waals surface area contributed by atoms with E-state index in [2.05, 4.69) is 4.74 Å². The van der Waals surface area contributed by atoms with Crippen molar-refractivity contribution in [3.05, 3.63) is 0 Å². The van der Waals surface area contributed by atoms with E-state index >= 15 is 0 Å². The van der Waals surface area contributed by atoms with Crippen molar-refractivity contribution >= 4 is 12.4 Å². The van der Waals surface area contributed by atoms with Gasteiger partial charge in [0, 0.05) is 23.1 Å². The van der Waals surface area contributed by atoms with Crippen LogP contribution < -0.4 is 0 Å². The van der Waals surface area contributed by atoms with Gasteiger partial charge in [0.05, 0.1) is 0 Å². The second kappa shape index (κ2) is 16.2. The number of carbonyl (C=O) groups is 1. The molecular formula is C5H8FNiO4-. The van der Waals surface area contributed by atoms with Crippen molar-refractivity contribution in [2.45, 2.75) is 6.92 Å². The van der Waals surface area contributed by atoms with Crippen molar-refractivity contribution < 1.29 is 40.3 Å². The second-order valence-electron chi connectivity index (χ2n) is 1.04. The first-order valence-corrected chi connectivity index (χ1v) is 2.45. The van der Waals surface area contributed by atoms with E-state index in [-0.39, 0.29) is 16.5 Å². The van der Waals surface area contributed by atoms with Crippen molar-refractivity contribution in [2.75, 3.05) is 13.3 Å². The average molecular weight is 210 g/mol. The number of halogens is 1. The van der Waals surface area contributed by atoms with E-state index in [1.807, 2.05) is 0 Å². The summed E-state index contributed by atoms with van der Waals surface area (Å²) in [5.74, 6) is -1.41. The maximum absolute atomic E-state index is 10.5. The summed E-state index contributed by atoms with van der Waals surface area (Å²) in [6.45, 7) is 2.14. The molecule has 4 nitrogen and oxygen atoms in total. The second-order valence-corrected chi connectivity index (χ2v) is 1.04. The smallest absolute Gasteiger partial charge is 0.335 e. The Morgan fingerprint density at radius 3 is 2.09 bits per heavy atom. The number of rotatable bonds is 3. The maximum Gasteiger partial charge on any atom is 0.335 e. The van der Waals surface area contributed by atoms with Crippen LogP contribution in [0.2, 0.25) is 0 Å². The number of carboxylic acid groups (broad SMARTS) is 1. The van der Waals surface area contributed by atoms with Gasteiger partial charge in [0.25, 0.3) is 0 Å². The summed E-state index contributed by atoms with van der Waals surface area (Å²) in [5.41, 5.74) is 0. The van der Waals surface area contributed by atoms with Crippen LogP contribution in [-0.2, 0) is 30.8 Å². The molecule has 11 heavy (non-hydrogen) atoms. The Bertz CT molecular complexity index is 98.5. The molecule has 0 aromatic heterocycles. The molecule has 0 aliphatic heterocycles. The zero-order valence-corrected chi connectivity index (χ0v) is 6.77. The Labute approximate surface area is 73.6 Å². The van der Waals surface area contributed by atoms with Crippen LogP contribution in [0.3, 0.4) is 0 Å². The Hall–Kier alpha value is -0.636. The van der Waals surface area contributed by atoms with Crippen LogP contribution in [0, 0.1) is 0 Å². The van der Waals surface area contributed by atoms with E-state index in [0.29, 0.717) is 6.61 Å². The van der Waals surface area contributed by atoms with E-state index in [0.717, 1.165) is 0 Å². The predicted molar refractivity (Wildman–Crippen MR) is 30.9 cm³/mol. The van der Waals surface area contributed by atoms with Crippen LogP contribution >= 0.6 is 0 Å². The summed E-state index contributed by atoms with van der Waals surface area (Å²) in [6.07, 6.45) is 0. The fourth-order valence-corrected chi connectivity index (χ4v) is 0.0589. The average Bonchev–Trinajstić information content (AvgIpc) is 1.91. The van der Waals surface area contributed by atoms with Gasteiger partial charge in [-0.25, -0.2) is 9.18 Å². The first-order valence-electron chi connectivity index (χ1n) is 2.45. The summed E-state index contributed by atoms with van der Waals surface area (Å²) >= 11 is 0. The van der Waals surface area contributed by atoms with Crippen LogP contribution in [0.5, 0.6) is 0 Å². The molecule has 0 heterocycles. The van der Waals surface area contributed by atoms with Crippen LogP contribution in [-0.4, -0.2) is 30.8 Å². The Morgan fingerprint density at radius 2 is 2.09 bits per heavy atom. The summed E-state index contributed by atoms with van der Waals surface area (Å²) in [7, 11) is 0. The van der Waals surface area contributed by atoms with Gasteiger partial charge in [-0.15, -0.1) is 0 Å². The van der Waals surface area contributed by atoms with E-state index in [1.54, 1.807) is 6.92 Å². The van der Waals surface area contributed by atoms with Crippen molar-refractivity contribution in [3.63, 3.8) is 0 Å². The van der Waals surface area contributed by atoms with Crippen LogP contribution in [0.4, 0.5) is 4.39 Å². The van der Waals surface area contributed by atoms with Gasteiger partial charge in [0.1, 0.15) is 0 Å². The molecule has 0 saturated carbocycles. The molecule has 0 saturated heterocycles. The third-order valence-corrected chi connectivity index (χ3v) is 0.318. The van der Waals surface area contributed by atoms with Gasteiger partial charge >= 0.3 is 5.97 Å². The molecule has 0 bridgehead atoms. The summed E-state index contributed by atoms with van der Waals surface area (Å²) in [5, 5.41) is 7.35. The molecule has 0 radical (unpaired) electrons. The molecule has 0 amide bonds. The normalized spacial score (nSPS) is 6.36. The van der Waals surface area contributed by atoms with E-state index < -0.39 is 12.6 Å². The Morgan fingerprint density at radius 1 is 1.73 bits per heavy atom. The Kier molecular flexibility index (Phi) is 24.6. The molecule has 0 spiro atoms. The van der Waals surface area contributed by atoms with Gasteiger partial charge in [-0.05, 0) is 6.92 Å². The topological polar surface area (TPSA) is 63.6 Å². The summed E-state index contributed by atoms with van der Waals surface area (Å²) in [6, 6.07) is 0. The zero-order valence-electron chi connectivity index (χ0n) is 5.78. The molecule has 1 N–H and O–H groups in total. The number of hydrogen-bond acceptors (Lipinski definition) is 3. The number of carboxylic acids is 1. The van der Waals surface area contributed by atoms with Gasteiger partial charge in [0.2, 0.25) is 0 Å². The van der Waals surface area contributed by atoms with Crippen LogP contribution in [0.1, 0.15) is 6.92 Å². The van der Waals surface area contributed by atoms with E-state index in [1.165, 1.54) is 6.47 Å². The fraction of sp³-hybridized carbons (Fsp3) is 0.600. The minimum atomic E-state index is -1.41. The molecule has 70 valence electrons. The van der Waals surface area contributed by atoms with Crippen molar-refractivity contribution in [1.29, 1.82) is 0 Å². The molecule has 0 aromatic rings. The first kappa shape index (κ1) is 16.8. The molecule has 6 heteroatoms. The quantitative estimate of drug-likeness (QED) is 0.530. The molecular weight excluding hydrogens is 202 g/mol. The van der Waals surface area contributed by atoms with Gasteiger partial charge in [-0.1, -0.05) is 6.47 Å². The standard InChI is InChI=1S/C3H5O2.C2H3FO2.Ni/c1-2-5-3-4;3-1-2(4)5;/h2H2,1H3;1H2,(H,4,5);/q-1;;. The SMILES string of the molecule is CCO[C-]=O.O=C(O)CF.[Ni]. The number of alkyl halides is 1. The van der Waals surface area contributed by atoms with Gasteiger partial charge in [-0.3, -0.25) is 0 Å². The third kappa shape index (κ3) is 44.9.